The van der Waals surface area contributed by atoms with Gasteiger partial charge in [-0.1, -0.05) is 184 Å². The van der Waals surface area contributed by atoms with Gasteiger partial charge in [-0.05, 0) is 48.6 Å². The Bertz CT molecular complexity index is 382. The Morgan fingerprint density at radius 3 is 0.907 bits per heavy atom. The Morgan fingerprint density at radius 1 is 0.512 bits per heavy atom. The molecule has 0 unspecified atom stereocenters. The molecule has 0 saturated heterocycles. The molecule has 274 valence electrons. The standard InChI is InChI=1S/C10H22.C9H22N2.C6H15N.C6H14.C5H12.2CH4.I2/c1-5-9-10(6-2,7-3)8-4;1-8(2)5-10-7-11-6-9(3)4;1-5(2)7-6(3)4;1-4-6(3)5-2;1-4-5(2)3;;;1-2/h5-9H2,1-4H3;8-11H,5-7H2,1-4H3;5-7H,1-4H3;6H,4-5H2,1-3H3;5H,4H2,1-3H3;2*1H4;. The molecule has 0 aliphatic rings. The molecule has 0 fully saturated rings. The maximum absolute atomic E-state index is 3.33. The van der Waals surface area contributed by atoms with Crippen molar-refractivity contribution in [1.82, 2.24) is 16.0 Å². The predicted molar refractivity (Wildman–Crippen MR) is 229 cm³/mol. The lowest BCUT2D eigenvalue weighted by Gasteiger charge is -2.29. The highest BCUT2D eigenvalue weighted by atomic mass is 128. The lowest BCUT2D eigenvalue weighted by atomic mass is 9.76. The van der Waals surface area contributed by atoms with Crippen LogP contribution in [0.15, 0.2) is 0 Å². The van der Waals surface area contributed by atoms with Crippen LogP contribution in [0.2, 0.25) is 0 Å². The number of hydrogen-bond donors (Lipinski definition) is 3. The molecule has 0 bridgehead atoms. The van der Waals surface area contributed by atoms with Crippen molar-refractivity contribution in [3.8, 4) is 0 Å². The van der Waals surface area contributed by atoms with Gasteiger partial charge in [-0.3, -0.25) is 0 Å². The predicted octanol–water partition coefficient (Wildman–Crippen LogP) is 14.4. The molecule has 0 spiro atoms. The SMILES string of the molecule is C.C.CC(C)CNCNCC(C)C.CC(C)NC(C)C.CCC(C)C.CCC(C)CC.CCCC(CC)(CC)CC.II. The highest BCUT2D eigenvalue weighted by Gasteiger charge is 2.21. The summed E-state index contributed by atoms with van der Waals surface area (Å²) in [6.07, 6.45) is 10.8. The van der Waals surface area contributed by atoms with Crippen LogP contribution < -0.4 is 16.0 Å². The molecule has 0 atom stereocenters. The molecule has 43 heavy (non-hydrogen) atoms. The number of hydrogen-bond acceptors (Lipinski definition) is 3. The van der Waals surface area contributed by atoms with Crippen LogP contribution in [0.3, 0.4) is 0 Å². The van der Waals surface area contributed by atoms with E-state index in [1.807, 2.05) is 0 Å². The van der Waals surface area contributed by atoms with Gasteiger partial charge < -0.3 is 16.0 Å². The molecule has 0 heterocycles. The number of nitrogens with one attached hydrogen (secondary N) is 3. The van der Waals surface area contributed by atoms with Crippen molar-refractivity contribution in [2.24, 2.45) is 29.1 Å². The average molecular weight is 846 g/mol. The van der Waals surface area contributed by atoms with Crippen molar-refractivity contribution in [2.75, 3.05) is 19.8 Å². The zero-order valence-corrected chi connectivity index (χ0v) is 36.3. The first-order valence-electron chi connectivity index (χ1n) is 17.4. The van der Waals surface area contributed by atoms with Crippen molar-refractivity contribution in [1.29, 1.82) is 0 Å². The third-order valence-corrected chi connectivity index (χ3v) is 7.26. The van der Waals surface area contributed by atoms with E-state index in [-0.39, 0.29) is 14.9 Å². The quantitative estimate of drug-likeness (QED) is 0.0823. The van der Waals surface area contributed by atoms with Crippen LogP contribution >= 0.6 is 37.2 Å². The first kappa shape index (κ1) is 63.1. The van der Waals surface area contributed by atoms with Crippen LogP contribution in [0.1, 0.15) is 191 Å². The Hall–Kier alpha value is 1.34. The largest absolute Gasteiger partial charge is 0.312 e. The number of halogens is 2. The zero-order chi connectivity index (χ0) is 33.9. The lowest BCUT2D eigenvalue weighted by Crippen LogP contribution is -2.33. The van der Waals surface area contributed by atoms with E-state index < -0.39 is 0 Å². The Labute approximate surface area is 302 Å². The maximum atomic E-state index is 3.33. The summed E-state index contributed by atoms with van der Waals surface area (Å²) in [5.74, 6) is 3.31. The first-order chi connectivity index (χ1) is 19.1. The van der Waals surface area contributed by atoms with Crippen molar-refractivity contribution < 1.29 is 0 Å². The molecule has 0 aromatic rings. The van der Waals surface area contributed by atoms with Gasteiger partial charge in [0.1, 0.15) is 0 Å². The summed E-state index contributed by atoms with van der Waals surface area (Å²) >= 11 is 4.24. The van der Waals surface area contributed by atoms with Gasteiger partial charge in [0, 0.05) is 56.0 Å². The van der Waals surface area contributed by atoms with Crippen molar-refractivity contribution in [2.45, 2.75) is 203 Å². The summed E-state index contributed by atoms with van der Waals surface area (Å²) in [6, 6.07) is 1.25. The molecular formula is C38H93I2N3. The Morgan fingerprint density at radius 2 is 0.814 bits per heavy atom. The Balaban J connectivity index is -0.0000000593. The topological polar surface area (TPSA) is 36.1 Å². The van der Waals surface area contributed by atoms with Gasteiger partial charge in [-0.15, -0.1) is 0 Å². The second-order valence-corrected chi connectivity index (χ2v) is 13.4. The van der Waals surface area contributed by atoms with E-state index in [0.717, 1.165) is 43.4 Å². The molecule has 0 rings (SSSR count). The van der Waals surface area contributed by atoms with E-state index in [2.05, 4.69) is 178 Å². The molecule has 5 heteroatoms. The monoisotopic (exact) mass is 846 g/mol. The Kier molecular flexibility index (Phi) is 73.6. The van der Waals surface area contributed by atoms with Gasteiger partial charge in [0.05, 0.1) is 0 Å². The minimum absolute atomic E-state index is 0. The molecule has 0 aromatic heterocycles. The number of rotatable bonds is 16. The fourth-order valence-corrected chi connectivity index (χ4v) is 3.58. The third kappa shape index (κ3) is 70.8. The third-order valence-electron chi connectivity index (χ3n) is 7.26. The van der Waals surface area contributed by atoms with Gasteiger partial charge >= 0.3 is 0 Å². The summed E-state index contributed by atoms with van der Waals surface area (Å²) in [5, 5.41) is 9.96. The molecular weight excluding hydrogens is 752 g/mol. The summed E-state index contributed by atoms with van der Waals surface area (Å²) in [6.45, 7) is 43.3. The van der Waals surface area contributed by atoms with Gasteiger partial charge in [0.25, 0.3) is 0 Å². The van der Waals surface area contributed by atoms with E-state index in [4.69, 9.17) is 0 Å². The fraction of sp³-hybridized carbons (Fsp3) is 1.00. The molecule has 0 saturated carbocycles. The highest BCUT2D eigenvalue weighted by molar-refractivity contribution is 15.0. The van der Waals surface area contributed by atoms with Crippen LogP contribution in [-0.4, -0.2) is 31.8 Å². The van der Waals surface area contributed by atoms with Crippen molar-refractivity contribution in [3.63, 3.8) is 0 Å². The minimum Gasteiger partial charge on any atom is -0.312 e. The molecule has 0 aliphatic heterocycles. The van der Waals surface area contributed by atoms with Gasteiger partial charge in [-0.25, -0.2) is 0 Å². The lowest BCUT2D eigenvalue weighted by molar-refractivity contribution is 0.226. The van der Waals surface area contributed by atoms with Gasteiger partial charge in [0.15, 0.2) is 0 Å². The molecule has 0 aliphatic carbocycles. The highest BCUT2D eigenvalue weighted by Crippen LogP contribution is 2.35. The van der Waals surface area contributed by atoms with Crippen LogP contribution in [-0.2, 0) is 0 Å². The smallest absolute Gasteiger partial charge is 0.0454 e. The van der Waals surface area contributed by atoms with E-state index >= 15 is 0 Å². The molecule has 0 amide bonds. The summed E-state index contributed by atoms with van der Waals surface area (Å²) in [4.78, 5) is 0. The second kappa shape index (κ2) is 50.2. The van der Waals surface area contributed by atoms with Crippen LogP contribution in [0.5, 0.6) is 0 Å². The summed E-state index contributed by atoms with van der Waals surface area (Å²) in [5.41, 5.74) is 0.675. The maximum Gasteiger partial charge on any atom is 0.0454 e. The molecule has 0 aromatic carbocycles. The van der Waals surface area contributed by atoms with Gasteiger partial charge in [0.2, 0.25) is 0 Å². The van der Waals surface area contributed by atoms with E-state index in [1.165, 1.54) is 51.4 Å². The van der Waals surface area contributed by atoms with Crippen molar-refractivity contribution >= 4 is 37.2 Å². The molecule has 3 nitrogen and oxygen atoms in total. The van der Waals surface area contributed by atoms with E-state index in [1.54, 1.807) is 0 Å². The van der Waals surface area contributed by atoms with Crippen molar-refractivity contribution in [3.05, 3.63) is 0 Å². The van der Waals surface area contributed by atoms with E-state index in [0.29, 0.717) is 17.5 Å². The fourth-order valence-electron chi connectivity index (χ4n) is 3.58. The van der Waals surface area contributed by atoms with Crippen LogP contribution in [0, 0.1) is 29.1 Å². The first-order valence-corrected chi connectivity index (χ1v) is 23.7. The zero-order valence-electron chi connectivity index (χ0n) is 32.0. The normalized spacial score (nSPS) is 10.2. The van der Waals surface area contributed by atoms with Gasteiger partial charge in [-0.2, -0.15) is 0 Å². The van der Waals surface area contributed by atoms with Crippen LogP contribution in [0.4, 0.5) is 0 Å². The summed E-state index contributed by atoms with van der Waals surface area (Å²) in [7, 11) is 0. The minimum atomic E-state index is 0. The van der Waals surface area contributed by atoms with E-state index in [9.17, 15) is 0 Å². The second-order valence-electron chi connectivity index (χ2n) is 13.4. The molecule has 0 radical (unpaired) electrons. The average Bonchev–Trinajstić information content (AvgIpc) is 2.92. The summed E-state index contributed by atoms with van der Waals surface area (Å²) < 4.78 is 0. The van der Waals surface area contributed by atoms with Crippen LogP contribution in [0.25, 0.3) is 0 Å². The molecule has 3 N–H and O–H groups in total.